The third-order valence-corrected chi connectivity index (χ3v) is 4.85. The van der Waals surface area contributed by atoms with E-state index in [-0.39, 0.29) is 0 Å². The highest BCUT2D eigenvalue weighted by Gasteiger charge is 2.13. The van der Waals surface area contributed by atoms with Crippen LogP contribution in [0.5, 0.6) is 0 Å². The first-order valence-corrected chi connectivity index (χ1v) is 9.53. The smallest absolute Gasteiger partial charge is 0.288 e. The van der Waals surface area contributed by atoms with E-state index in [1.54, 1.807) is 24.3 Å². The van der Waals surface area contributed by atoms with Gasteiger partial charge < -0.3 is 15.5 Å². The van der Waals surface area contributed by atoms with Crippen molar-refractivity contribution in [1.29, 1.82) is 0 Å². The molecule has 0 spiro atoms. The van der Waals surface area contributed by atoms with Crippen LogP contribution in [0.3, 0.4) is 0 Å². The second-order valence-corrected chi connectivity index (χ2v) is 7.52. The topological polar surface area (TPSA) is 27.3 Å². The molecule has 1 atom stereocenters. The van der Waals surface area contributed by atoms with E-state index in [2.05, 4.69) is 27.7 Å². The van der Waals surface area contributed by atoms with Crippen molar-refractivity contribution in [3.63, 3.8) is 0 Å². The number of alkyl halides is 2. The summed E-state index contributed by atoms with van der Waals surface area (Å²) in [6, 6.07) is 17.4. The molecule has 0 fully saturated rings. The van der Waals surface area contributed by atoms with Crippen LogP contribution in [0.25, 0.3) is 0 Å². The number of thioether (sulfide) groups is 1. The molecule has 2 aromatic rings. The van der Waals surface area contributed by atoms with Crippen molar-refractivity contribution >= 4 is 34.8 Å². The summed E-state index contributed by atoms with van der Waals surface area (Å²) in [6.45, 7) is 0.701. The second-order valence-electron chi connectivity index (χ2n) is 6.05. The van der Waals surface area contributed by atoms with E-state index in [0.717, 1.165) is 12.1 Å². The molecule has 7 heteroatoms. The predicted octanol–water partition coefficient (Wildman–Crippen LogP) is 4.46. The van der Waals surface area contributed by atoms with Gasteiger partial charge in [0.05, 0.1) is 0 Å². The number of nitrogens with one attached hydrogen (secondary N) is 2. The Morgan fingerprint density at radius 2 is 1.73 bits per heavy atom. The Kier molecular flexibility index (Phi) is 8.28. The fraction of sp³-hybridized carbons (Fsp3) is 0.316. The molecular formula is C19H23F2N3S2. The number of nitrogens with zero attached hydrogens (tertiary/aromatic N) is 1. The number of rotatable bonds is 8. The van der Waals surface area contributed by atoms with Gasteiger partial charge in [0, 0.05) is 23.2 Å². The number of anilines is 1. The first-order valence-electron chi connectivity index (χ1n) is 8.24. The van der Waals surface area contributed by atoms with Gasteiger partial charge in [-0.15, -0.1) is 0 Å². The van der Waals surface area contributed by atoms with Crippen LogP contribution in [-0.2, 0) is 6.42 Å². The predicted molar refractivity (Wildman–Crippen MR) is 110 cm³/mol. The first kappa shape index (κ1) is 20.6. The first-order chi connectivity index (χ1) is 12.4. The third-order valence-electron chi connectivity index (χ3n) is 3.88. The minimum atomic E-state index is -2.41. The van der Waals surface area contributed by atoms with Crippen LogP contribution in [0.1, 0.15) is 5.56 Å². The lowest BCUT2D eigenvalue weighted by Crippen LogP contribution is -2.42. The molecule has 0 saturated carbocycles. The minimum absolute atomic E-state index is 0.293. The summed E-state index contributed by atoms with van der Waals surface area (Å²) in [5.74, 6) is -2.41. The van der Waals surface area contributed by atoms with Crippen molar-refractivity contribution in [2.75, 3.05) is 26.0 Å². The molecule has 0 bridgehead atoms. The summed E-state index contributed by atoms with van der Waals surface area (Å²) in [7, 11) is 4.09. The van der Waals surface area contributed by atoms with Crippen molar-refractivity contribution in [1.82, 2.24) is 10.2 Å². The summed E-state index contributed by atoms with van der Waals surface area (Å²) < 4.78 is 24.7. The Labute approximate surface area is 163 Å². The molecule has 2 N–H and O–H groups in total. The Morgan fingerprint density at radius 3 is 2.31 bits per heavy atom. The van der Waals surface area contributed by atoms with Gasteiger partial charge in [-0.3, -0.25) is 0 Å². The fourth-order valence-corrected chi connectivity index (χ4v) is 3.13. The summed E-state index contributed by atoms with van der Waals surface area (Å²) in [5, 5.41) is 6.83. The zero-order valence-electron chi connectivity index (χ0n) is 14.8. The maximum atomic E-state index is 12.3. The molecule has 0 radical (unpaired) electrons. The molecule has 3 nitrogen and oxygen atoms in total. The third kappa shape index (κ3) is 7.27. The number of hydrogen-bond acceptors (Lipinski definition) is 3. The Bertz CT molecular complexity index is 679. The van der Waals surface area contributed by atoms with Gasteiger partial charge in [0.25, 0.3) is 5.76 Å². The molecule has 2 aromatic carbocycles. The summed E-state index contributed by atoms with van der Waals surface area (Å²) in [6.07, 6.45) is 0.920. The van der Waals surface area contributed by atoms with Crippen LogP contribution >= 0.6 is 24.0 Å². The number of likely N-dealkylation sites (N-methyl/N-ethyl adjacent to an activating group) is 1. The lowest BCUT2D eigenvalue weighted by molar-refractivity contribution is 0.252. The Morgan fingerprint density at radius 1 is 1.08 bits per heavy atom. The standard InChI is InChI=1S/C19H23F2N3S2/c1-24(2)16(12-14-6-4-3-5-7-14)13-22-19(25)23-15-8-10-17(11-9-15)26-18(20)21/h3-11,16,18H,12-13H2,1-2H3,(H2,22,23,25)/t16-/m0/s1. The SMILES string of the molecule is CN(C)[C@H](CNC(=S)Nc1ccc(SC(F)F)cc1)Cc1ccccc1. The second kappa shape index (κ2) is 10.4. The molecule has 0 aliphatic rings. The molecule has 0 heterocycles. The van der Waals surface area contributed by atoms with E-state index in [1.807, 2.05) is 32.3 Å². The van der Waals surface area contributed by atoms with E-state index < -0.39 is 5.76 Å². The maximum Gasteiger partial charge on any atom is 0.288 e. The highest BCUT2D eigenvalue weighted by molar-refractivity contribution is 7.99. The molecule has 0 aromatic heterocycles. The average molecular weight is 396 g/mol. The lowest BCUT2D eigenvalue weighted by atomic mass is 10.1. The van der Waals surface area contributed by atoms with Crippen LogP contribution in [0.4, 0.5) is 14.5 Å². The summed E-state index contributed by atoms with van der Waals surface area (Å²) in [5.41, 5.74) is 2.05. The molecule has 0 saturated heterocycles. The molecule has 0 unspecified atom stereocenters. The van der Waals surface area contributed by atoms with Gasteiger partial charge >= 0.3 is 0 Å². The minimum Gasteiger partial charge on any atom is -0.361 e. The van der Waals surface area contributed by atoms with E-state index in [9.17, 15) is 8.78 Å². The van der Waals surface area contributed by atoms with Gasteiger partial charge in [-0.05, 0) is 62.6 Å². The molecular weight excluding hydrogens is 372 g/mol. The quantitative estimate of drug-likeness (QED) is 0.508. The normalized spacial score (nSPS) is 12.2. The van der Waals surface area contributed by atoms with Crippen LogP contribution in [0, 0.1) is 0 Å². The van der Waals surface area contributed by atoms with Gasteiger partial charge in [0.2, 0.25) is 0 Å². The Hall–Kier alpha value is -1.70. The molecule has 140 valence electrons. The van der Waals surface area contributed by atoms with Crippen LogP contribution < -0.4 is 10.6 Å². The van der Waals surface area contributed by atoms with E-state index in [1.165, 1.54) is 5.56 Å². The number of hydrogen-bond donors (Lipinski definition) is 2. The average Bonchev–Trinajstić information content (AvgIpc) is 2.60. The summed E-state index contributed by atoms with van der Waals surface area (Å²) in [4.78, 5) is 2.69. The van der Waals surface area contributed by atoms with E-state index >= 15 is 0 Å². The maximum absolute atomic E-state index is 12.3. The van der Waals surface area contributed by atoms with Gasteiger partial charge in [-0.2, -0.15) is 8.78 Å². The molecule has 0 amide bonds. The highest BCUT2D eigenvalue weighted by Crippen LogP contribution is 2.26. The molecule has 2 rings (SSSR count). The van der Waals surface area contributed by atoms with Crippen molar-refractivity contribution in [2.24, 2.45) is 0 Å². The van der Waals surface area contributed by atoms with Crippen molar-refractivity contribution in [3.8, 4) is 0 Å². The summed E-state index contributed by atoms with van der Waals surface area (Å²) >= 11 is 5.87. The molecule has 0 aliphatic heterocycles. The van der Waals surface area contributed by atoms with Gasteiger partial charge in [-0.1, -0.05) is 42.1 Å². The number of benzene rings is 2. The van der Waals surface area contributed by atoms with Crippen LogP contribution in [0.15, 0.2) is 59.5 Å². The molecule has 0 aliphatic carbocycles. The van der Waals surface area contributed by atoms with E-state index in [4.69, 9.17) is 12.2 Å². The lowest BCUT2D eigenvalue weighted by Gasteiger charge is -2.25. The van der Waals surface area contributed by atoms with Crippen molar-refractivity contribution in [2.45, 2.75) is 23.1 Å². The Balaban J connectivity index is 1.84. The highest BCUT2D eigenvalue weighted by atomic mass is 32.2. The largest absolute Gasteiger partial charge is 0.361 e. The van der Waals surface area contributed by atoms with Crippen LogP contribution in [-0.4, -0.2) is 42.5 Å². The zero-order chi connectivity index (χ0) is 18.9. The van der Waals surface area contributed by atoms with Gasteiger partial charge in [-0.25, -0.2) is 0 Å². The number of halogens is 2. The van der Waals surface area contributed by atoms with E-state index in [0.29, 0.717) is 34.4 Å². The fourth-order valence-electron chi connectivity index (χ4n) is 2.43. The molecule has 26 heavy (non-hydrogen) atoms. The monoisotopic (exact) mass is 395 g/mol. The van der Waals surface area contributed by atoms with Crippen LogP contribution in [0.2, 0.25) is 0 Å². The van der Waals surface area contributed by atoms with Gasteiger partial charge in [0.15, 0.2) is 5.11 Å². The van der Waals surface area contributed by atoms with Crippen molar-refractivity contribution < 1.29 is 8.78 Å². The number of thiocarbonyl (C=S) groups is 1. The zero-order valence-corrected chi connectivity index (χ0v) is 16.4. The van der Waals surface area contributed by atoms with Gasteiger partial charge in [0.1, 0.15) is 0 Å². The van der Waals surface area contributed by atoms with Crippen molar-refractivity contribution in [3.05, 3.63) is 60.2 Å².